The van der Waals surface area contributed by atoms with Gasteiger partial charge < -0.3 is 19.7 Å². The molecule has 0 spiro atoms. The molecule has 6 nitrogen and oxygen atoms in total. The van der Waals surface area contributed by atoms with Crippen LogP contribution in [0.5, 0.6) is 11.5 Å². The molecule has 1 saturated heterocycles. The van der Waals surface area contributed by atoms with Gasteiger partial charge in [-0.15, -0.1) is 0 Å². The van der Waals surface area contributed by atoms with Crippen LogP contribution in [0.15, 0.2) is 24.8 Å². The number of fused-ring (bicyclic) bond motifs is 1. The van der Waals surface area contributed by atoms with Crippen molar-refractivity contribution in [2.24, 2.45) is 5.92 Å². The molecular formula is C17H19ClN2O4. The van der Waals surface area contributed by atoms with Crippen LogP contribution in [0.1, 0.15) is 12.8 Å². The summed E-state index contributed by atoms with van der Waals surface area (Å²) in [7, 11) is 0. The first-order valence-electron chi connectivity index (χ1n) is 7.90. The van der Waals surface area contributed by atoms with Crippen LogP contribution in [0, 0.1) is 5.92 Å². The van der Waals surface area contributed by atoms with Gasteiger partial charge in [0.05, 0.1) is 16.6 Å². The molecule has 2 aliphatic rings. The number of carbonyl (C=O) groups is 2. The summed E-state index contributed by atoms with van der Waals surface area (Å²) in [5, 5.41) is 3.23. The number of nitrogens with zero attached hydrogens (tertiary/aromatic N) is 1. The molecule has 0 aromatic heterocycles. The second-order valence-electron chi connectivity index (χ2n) is 5.79. The molecule has 2 aliphatic heterocycles. The maximum Gasteiger partial charge on any atom is 0.245 e. The Morgan fingerprint density at radius 1 is 1.29 bits per heavy atom. The SMILES string of the molecule is C=CC(=O)N1CCCC(C(=O)Nc2cc3c(cc2Cl)OCCO3)C1. The van der Waals surface area contributed by atoms with Crippen molar-refractivity contribution in [1.29, 1.82) is 0 Å². The number of ether oxygens (including phenoxy) is 2. The van der Waals surface area contributed by atoms with Gasteiger partial charge in [0, 0.05) is 25.2 Å². The van der Waals surface area contributed by atoms with Crippen LogP contribution in [-0.4, -0.2) is 43.0 Å². The second-order valence-corrected chi connectivity index (χ2v) is 6.20. The first kappa shape index (κ1) is 16.6. The molecule has 1 unspecified atom stereocenters. The van der Waals surface area contributed by atoms with Crippen molar-refractivity contribution in [3.8, 4) is 11.5 Å². The fourth-order valence-electron chi connectivity index (χ4n) is 2.91. The molecule has 1 aromatic rings. The van der Waals surface area contributed by atoms with Crippen molar-refractivity contribution >= 4 is 29.1 Å². The summed E-state index contributed by atoms with van der Waals surface area (Å²) in [6, 6.07) is 3.31. The molecule has 1 aromatic carbocycles. The minimum Gasteiger partial charge on any atom is -0.486 e. The van der Waals surface area contributed by atoms with Crippen LogP contribution >= 0.6 is 11.6 Å². The second kappa shape index (κ2) is 7.13. The van der Waals surface area contributed by atoms with E-state index >= 15 is 0 Å². The zero-order valence-corrected chi connectivity index (χ0v) is 14.0. The highest BCUT2D eigenvalue weighted by atomic mass is 35.5. The summed E-state index contributed by atoms with van der Waals surface area (Å²) in [5.41, 5.74) is 0.484. The van der Waals surface area contributed by atoms with Gasteiger partial charge in [-0.2, -0.15) is 0 Å². The van der Waals surface area contributed by atoms with E-state index in [0.29, 0.717) is 48.5 Å². The maximum absolute atomic E-state index is 12.5. The van der Waals surface area contributed by atoms with Gasteiger partial charge in [0.2, 0.25) is 11.8 Å². The van der Waals surface area contributed by atoms with Crippen LogP contribution in [0.2, 0.25) is 5.02 Å². The molecule has 1 N–H and O–H groups in total. The van der Waals surface area contributed by atoms with Gasteiger partial charge in [-0.25, -0.2) is 0 Å². The van der Waals surface area contributed by atoms with Gasteiger partial charge >= 0.3 is 0 Å². The molecule has 2 heterocycles. The van der Waals surface area contributed by atoms with E-state index in [0.717, 1.165) is 12.8 Å². The topological polar surface area (TPSA) is 67.9 Å². The van der Waals surface area contributed by atoms with Crippen molar-refractivity contribution in [2.45, 2.75) is 12.8 Å². The molecule has 1 fully saturated rings. The molecule has 24 heavy (non-hydrogen) atoms. The van der Waals surface area contributed by atoms with Crippen LogP contribution in [0.4, 0.5) is 5.69 Å². The van der Waals surface area contributed by atoms with Gasteiger partial charge in [-0.05, 0) is 18.9 Å². The Morgan fingerprint density at radius 2 is 2.00 bits per heavy atom. The van der Waals surface area contributed by atoms with Gasteiger partial charge in [0.1, 0.15) is 13.2 Å². The van der Waals surface area contributed by atoms with Gasteiger partial charge in [-0.3, -0.25) is 9.59 Å². The molecular weight excluding hydrogens is 332 g/mol. The molecule has 0 radical (unpaired) electrons. The molecule has 7 heteroatoms. The minimum absolute atomic E-state index is 0.148. The number of hydrogen-bond donors (Lipinski definition) is 1. The lowest BCUT2D eigenvalue weighted by Crippen LogP contribution is -2.43. The number of anilines is 1. The van der Waals surface area contributed by atoms with Crippen molar-refractivity contribution < 1.29 is 19.1 Å². The quantitative estimate of drug-likeness (QED) is 0.850. The van der Waals surface area contributed by atoms with E-state index in [9.17, 15) is 9.59 Å². The Hall–Kier alpha value is -2.21. The molecule has 3 rings (SSSR count). The third-order valence-corrected chi connectivity index (χ3v) is 4.48. The maximum atomic E-state index is 12.5. The van der Waals surface area contributed by atoms with E-state index in [2.05, 4.69) is 11.9 Å². The van der Waals surface area contributed by atoms with E-state index in [4.69, 9.17) is 21.1 Å². The van der Waals surface area contributed by atoms with Gasteiger partial charge in [0.15, 0.2) is 11.5 Å². The lowest BCUT2D eigenvalue weighted by Gasteiger charge is -2.31. The fourth-order valence-corrected chi connectivity index (χ4v) is 3.12. The summed E-state index contributed by atoms with van der Waals surface area (Å²) >= 11 is 6.22. The van der Waals surface area contributed by atoms with Crippen molar-refractivity contribution in [3.05, 3.63) is 29.8 Å². The highest BCUT2D eigenvalue weighted by molar-refractivity contribution is 6.34. The number of nitrogens with one attached hydrogen (secondary N) is 1. The summed E-state index contributed by atoms with van der Waals surface area (Å²) in [6.45, 7) is 5.47. The van der Waals surface area contributed by atoms with E-state index in [-0.39, 0.29) is 17.7 Å². The molecule has 2 amide bonds. The van der Waals surface area contributed by atoms with E-state index < -0.39 is 0 Å². The Balaban J connectivity index is 1.70. The minimum atomic E-state index is -0.271. The molecule has 0 aliphatic carbocycles. The summed E-state index contributed by atoms with van der Waals surface area (Å²) in [4.78, 5) is 25.9. The number of hydrogen-bond acceptors (Lipinski definition) is 4. The van der Waals surface area contributed by atoms with Crippen LogP contribution in [0.3, 0.4) is 0 Å². The highest BCUT2D eigenvalue weighted by Crippen LogP contribution is 2.38. The summed E-state index contributed by atoms with van der Waals surface area (Å²) < 4.78 is 11.0. The van der Waals surface area contributed by atoms with E-state index in [1.165, 1.54) is 6.08 Å². The monoisotopic (exact) mass is 350 g/mol. The average molecular weight is 351 g/mol. The first-order chi connectivity index (χ1) is 11.6. The number of carbonyl (C=O) groups excluding carboxylic acids is 2. The fraction of sp³-hybridized carbons (Fsp3) is 0.412. The number of halogens is 1. The molecule has 0 bridgehead atoms. The van der Waals surface area contributed by atoms with Crippen LogP contribution in [0.25, 0.3) is 0 Å². The van der Waals surface area contributed by atoms with Gasteiger partial charge in [0.25, 0.3) is 0 Å². The molecule has 0 saturated carbocycles. The zero-order valence-electron chi connectivity index (χ0n) is 13.2. The van der Waals surface area contributed by atoms with Crippen LogP contribution < -0.4 is 14.8 Å². The predicted molar refractivity (Wildman–Crippen MR) is 90.6 cm³/mol. The summed E-state index contributed by atoms with van der Waals surface area (Å²) in [6.07, 6.45) is 2.79. The van der Waals surface area contributed by atoms with Crippen molar-refractivity contribution in [2.75, 3.05) is 31.6 Å². The Labute approximate surface area is 145 Å². The van der Waals surface area contributed by atoms with Crippen molar-refractivity contribution in [1.82, 2.24) is 4.90 Å². The first-order valence-corrected chi connectivity index (χ1v) is 8.27. The number of benzene rings is 1. The predicted octanol–water partition coefficient (Wildman–Crippen LogP) is 2.47. The Morgan fingerprint density at radius 3 is 2.71 bits per heavy atom. The molecule has 128 valence electrons. The number of piperidine rings is 1. The zero-order chi connectivity index (χ0) is 17.1. The highest BCUT2D eigenvalue weighted by Gasteiger charge is 2.28. The Kier molecular flexibility index (Phi) is 4.94. The van der Waals surface area contributed by atoms with Gasteiger partial charge in [-0.1, -0.05) is 18.2 Å². The lowest BCUT2D eigenvalue weighted by atomic mass is 9.97. The number of likely N-dealkylation sites (tertiary alicyclic amines) is 1. The third kappa shape index (κ3) is 3.48. The van der Waals surface area contributed by atoms with Crippen molar-refractivity contribution in [3.63, 3.8) is 0 Å². The van der Waals surface area contributed by atoms with E-state index in [1.807, 2.05) is 0 Å². The summed E-state index contributed by atoms with van der Waals surface area (Å²) in [5.74, 6) is 0.560. The number of rotatable bonds is 3. The largest absolute Gasteiger partial charge is 0.486 e. The third-order valence-electron chi connectivity index (χ3n) is 4.17. The lowest BCUT2D eigenvalue weighted by molar-refractivity contribution is -0.130. The van der Waals surface area contributed by atoms with Crippen LogP contribution in [-0.2, 0) is 9.59 Å². The normalized spacial score (nSPS) is 19.5. The average Bonchev–Trinajstić information content (AvgIpc) is 2.61. The standard InChI is InChI=1S/C17H19ClN2O4/c1-2-16(21)20-5-3-4-11(10-20)17(22)19-13-9-15-14(8-12(13)18)23-6-7-24-15/h2,8-9,11H,1,3-7,10H2,(H,19,22). The Bertz CT molecular complexity index is 677. The number of amides is 2. The molecule has 1 atom stereocenters. The van der Waals surface area contributed by atoms with E-state index in [1.54, 1.807) is 17.0 Å². The smallest absolute Gasteiger partial charge is 0.245 e.